The third-order valence-corrected chi connectivity index (χ3v) is 5.34. The smallest absolute Gasteiger partial charge is 0.238 e. The molecule has 0 saturated carbocycles. The van der Waals surface area contributed by atoms with Crippen LogP contribution in [0.1, 0.15) is 0 Å². The quantitative estimate of drug-likeness (QED) is 0.387. The van der Waals surface area contributed by atoms with Crippen LogP contribution in [0.15, 0.2) is 60.9 Å². The maximum atomic E-state index is 11.7. The monoisotopic (exact) mass is 486 g/mol. The Bertz CT molecular complexity index is 1270. The second-order valence-corrected chi connectivity index (χ2v) is 7.56. The molecule has 0 bridgehead atoms. The van der Waals surface area contributed by atoms with Crippen LogP contribution in [0.5, 0.6) is 11.5 Å². The molecule has 0 aliphatic rings. The molecule has 33 heavy (non-hydrogen) atoms. The predicted molar refractivity (Wildman–Crippen MR) is 134 cm³/mol. The molecule has 0 radical (unpaired) electrons. The summed E-state index contributed by atoms with van der Waals surface area (Å²) < 4.78 is 12.7. The molecule has 2 aromatic carbocycles. The van der Waals surface area contributed by atoms with Crippen molar-refractivity contribution in [2.24, 2.45) is 0 Å². The number of benzene rings is 2. The topological polar surface area (TPSA) is 76.9 Å². The van der Waals surface area contributed by atoms with Crippen LogP contribution in [0.25, 0.3) is 28.0 Å². The largest absolute Gasteiger partial charge is 0.496 e. The first-order valence-electron chi connectivity index (χ1n) is 9.98. The Morgan fingerprint density at radius 1 is 1.03 bits per heavy atom. The van der Waals surface area contributed by atoms with E-state index in [2.05, 4.69) is 10.6 Å². The van der Waals surface area contributed by atoms with Crippen LogP contribution in [0.2, 0.25) is 5.02 Å². The first-order valence-corrected chi connectivity index (χ1v) is 10.4. The molecule has 1 amide bonds. The predicted octanol–water partition coefficient (Wildman–Crippen LogP) is 4.92. The number of nitrogens with zero attached hydrogens (tertiary/aromatic N) is 2. The summed E-state index contributed by atoms with van der Waals surface area (Å²) in [5.41, 5.74) is 5.10. The number of anilines is 1. The molecule has 0 aliphatic heterocycles. The van der Waals surface area contributed by atoms with Crippen molar-refractivity contribution in [2.75, 3.05) is 33.1 Å². The lowest BCUT2D eigenvalue weighted by Gasteiger charge is -2.10. The van der Waals surface area contributed by atoms with E-state index in [1.807, 2.05) is 53.2 Å². The number of ether oxygens (including phenoxy) is 2. The molecule has 2 N–H and O–H groups in total. The van der Waals surface area contributed by atoms with Crippen molar-refractivity contribution in [1.29, 1.82) is 0 Å². The summed E-state index contributed by atoms with van der Waals surface area (Å²) in [5, 5.41) is 6.16. The number of methoxy groups -OCH3 is 2. The zero-order valence-electron chi connectivity index (χ0n) is 18.4. The number of carbonyl (C=O) groups excluding carboxylic acids is 1. The summed E-state index contributed by atoms with van der Waals surface area (Å²) in [5.74, 6) is 1.09. The number of hydrogen-bond donors (Lipinski definition) is 2. The van der Waals surface area contributed by atoms with Gasteiger partial charge in [0.2, 0.25) is 5.91 Å². The van der Waals surface area contributed by atoms with Gasteiger partial charge in [-0.15, -0.1) is 12.4 Å². The fourth-order valence-corrected chi connectivity index (χ4v) is 3.70. The number of fused-ring (bicyclic) bond motifs is 1. The maximum Gasteiger partial charge on any atom is 0.238 e. The Labute approximate surface area is 203 Å². The Morgan fingerprint density at radius 3 is 2.42 bits per heavy atom. The molecule has 0 spiro atoms. The van der Waals surface area contributed by atoms with Crippen molar-refractivity contribution in [3.63, 3.8) is 0 Å². The summed E-state index contributed by atoms with van der Waals surface area (Å²) >= 11 is 6.33. The number of imidazole rings is 1. The first-order chi connectivity index (χ1) is 15.5. The summed E-state index contributed by atoms with van der Waals surface area (Å²) in [6.07, 6.45) is 3.89. The number of pyridine rings is 1. The fourth-order valence-electron chi connectivity index (χ4n) is 3.46. The van der Waals surface area contributed by atoms with Gasteiger partial charge in [0, 0.05) is 29.7 Å². The number of aromatic nitrogens is 2. The van der Waals surface area contributed by atoms with Gasteiger partial charge in [-0.1, -0.05) is 23.7 Å². The van der Waals surface area contributed by atoms with Gasteiger partial charge in [-0.3, -0.25) is 4.79 Å². The number of carbonyl (C=O) groups is 1. The highest BCUT2D eigenvalue weighted by molar-refractivity contribution is 6.32. The van der Waals surface area contributed by atoms with Gasteiger partial charge < -0.3 is 24.5 Å². The second-order valence-electron chi connectivity index (χ2n) is 7.15. The van der Waals surface area contributed by atoms with Gasteiger partial charge in [0.25, 0.3) is 0 Å². The van der Waals surface area contributed by atoms with Gasteiger partial charge in [-0.05, 0) is 48.5 Å². The first kappa shape index (κ1) is 24.4. The molecule has 0 aliphatic carbocycles. The van der Waals surface area contributed by atoms with Crippen molar-refractivity contribution in [2.45, 2.75) is 0 Å². The summed E-state index contributed by atoms with van der Waals surface area (Å²) in [7, 11) is 4.90. The molecule has 7 nitrogen and oxygen atoms in total. The Hall–Kier alpha value is -3.26. The number of nitrogens with one attached hydrogen (secondary N) is 2. The molecular weight excluding hydrogens is 463 g/mol. The van der Waals surface area contributed by atoms with Gasteiger partial charge in [-0.2, -0.15) is 0 Å². The molecule has 4 aromatic rings. The molecule has 2 aromatic heterocycles. The minimum absolute atomic E-state index is 0. The van der Waals surface area contributed by atoms with Crippen LogP contribution < -0.4 is 20.1 Å². The lowest BCUT2D eigenvalue weighted by atomic mass is 10.1. The molecule has 0 atom stereocenters. The van der Waals surface area contributed by atoms with Gasteiger partial charge in [0.05, 0.1) is 31.5 Å². The van der Waals surface area contributed by atoms with E-state index in [0.717, 1.165) is 33.7 Å². The number of halogens is 2. The van der Waals surface area contributed by atoms with Gasteiger partial charge in [0.1, 0.15) is 17.1 Å². The van der Waals surface area contributed by atoms with Crippen LogP contribution in [0, 0.1) is 0 Å². The Morgan fingerprint density at radius 2 is 1.76 bits per heavy atom. The lowest BCUT2D eigenvalue weighted by Crippen LogP contribution is -2.24. The normalized spacial score (nSPS) is 10.5. The zero-order chi connectivity index (χ0) is 22.7. The van der Waals surface area contributed by atoms with E-state index in [4.69, 9.17) is 26.1 Å². The average Bonchev–Trinajstić information content (AvgIpc) is 3.23. The van der Waals surface area contributed by atoms with Crippen LogP contribution in [0.4, 0.5) is 5.69 Å². The van der Waals surface area contributed by atoms with Crippen molar-refractivity contribution in [3.05, 3.63) is 65.9 Å². The summed E-state index contributed by atoms with van der Waals surface area (Å²) in [4.78, 5) is 16.5. The Balaban J connectivity index is 0.00000306. The molecule has 0 saturated heterocycles. The van der Waals surface area contributed by atoms with E-state index in [9.17, 15) is 4.79 Å². The number of likely N-dealkylation sites (N-methyl/N-ethyl adjacent to an activating group) is 1. The van der Waals surface area contributed by atoms with E-state index < -0.39 is 0 Å². The van der Waals surface area contributed by atoms with Crippen molar-refractivity contribution in [3.8, 4) is 33.9 Å². The SMILES string of the molecule is CNCC(=O)Nc1ccc(-c2ccn3cc(-c4cc(Cl)c(OC)cc4OC)nc3c2)cc1.Cl. The summed E-state index contributed by atoms with van der Waals surface area (Å²) in [6.45, 7) is 0.269. The fraction of sp³-hybridized carbons (Fsp3) is 0.167. The standard InChI is InChI=1S/C24H23ClN4O3.ClH/c1-26-13-24(30)27-17-6-4-15(5-7-17)16-8-9-29-14-20(28-23(29)10-16)18-11-19(25)22(32-3)12-21(18)31-2;/h4-12,14,26H,13H2,1-3H3,(H,27,30);1H. The van der Waals surface area contributed by atoms with Crippen molar-refractivity contribution < 1.29 is 14.3 Å². The minimum Gasteiger partial charge on any atom is -0.496 e. The Kier molecular flexibility index (Phi) is 7.81. The molecule has 9 heteroatoms. The van der Waals surface area contributed by atoms with Crippen LogP contribution in [-0.2, 0) is 4.79 Å². The third kappa shape index (κ3) is 5.22. The van der Waals surface area contributed by atoms with E-state index in [1.165, 1.54) is 0 Å². The zero-order valence-corrected chi connectivity index (χ0v) is 20.0. The molecule has 172 valence electrons. The molecule has 2 heterocycles. The van der Waals surface area contributed by atoms with Gasteiger partial charge in [-0.25, -0.2) is 4.98 Å². The van der Waals surface area contributed by atoms with Crippen LogP contribution >= 0.6 is 24.0 Å². The highest BCUT2D eigenvalue weighted by atomic mass is 35.5. The average molecular weight is 487 g/mol. The van der Waals surface area contributed by atoms with Crippen molar-refractivity contribution in [1.82, 2.24) is 14.7 Å². The van der Waals surface area contributed by atoms with Gasteiger partial charge in [0.15, 0.2) is 0 Å². The van der Waals surface area contributed by atoms with E-state index in [0.29, 0.717) is 16.5 Å². The second kappa shape index (κ2) is 10.6. The molecule has 0 unspecified atom stereocenters. The van der Waals surface area contributed by atoms with Gasteiger partial charge >= 0.3 is 0 Å². The minimum atomic E-state index is -0.0827. The van der Waals surface area contributed by atoms with Crippen molar-refractivity contribution >= 4 is 41.2 Å². The number of rotatable bonds is 7. The lowest BCUT2D eigenvalue weighted by molar-refractivity contribution is -0.115. The maximum absolute atomic E-state index is 11.7. The molecular formula is C24H24Cl2N4O3. The highest BCUT2D eigenvalue weighted by Crippen LogP contribution is 2.38. The third-order valence-electron chi connectivity index (χ3n) is 5.05. The number of amides is 1. The van der Waals surface area contributed by atoms with E-state index >= 15 is 0 Å². The van der Waals surface area contributed by atoms with E-state index in [1.54, 1.807) is 33.4 Å². The highest BCUT2D eigenvalue weighted by Gasteiger charge is 2.15. The van der Waals surface area contributed by atoms with E-state index in [-0.39, 0.29) is 24.9 Å². The molecule has 4 rings (SSSR count). The van der Waals surface area contributed by atoms with Crippen LogP contribution in [0.3, 0.4) is 0 Å². The van der Waals surface area contributed by atoms with Crippen LogP contribution in [-0.4, -0.2) is 43.1 Å². The number of hydrogen-bond acceptors (Lipinski definition) is 5. The molecule has 0 fully saturated rings. The summed E-state index contributed by atoms with van der Waals surface area (Å²) in [6, 6.07) is 15.3.